The standard InChI is InChI=1S/C15H20N2O5/c1-3-12(14(19)20)17-13(18)10(2)16-15(21)22-9-11-7-5-4-6-8-11/h4-8,10,12H,3,9H2,1-2H3,(H,16,21)(H,17,18)(H,19,20)/t10-,12-/m0/s1. The predicted molar refractivity (Wildman–Crippen MR) is 79.1 cm³/mol. The van der Waals surface area contributed by atoms with Crippen LogP contribution in [0.15, 0.2) is 30.3 Å². The van der Waals surface area contributed by atoms with E-state index in [1.54, 1.807) is 6.92 Å². The lowest BCUT2D eigenvalue weighted by molar-refractivity contribution is -0.142. The first-order valence-corrected chi connectivity index (χ1v) is 6.94. The summed E-state index contributed by atoms with van der Waals surface area (Å²) >= 11 is 0. The fourth-order valence-corrected chi connectivity index (χ4v) is 1.64. The van der Waals surface area contributed by atoms with E-state index < -0.39 is 30.1 Å². The van der Waals surface area contributed by atoms with E-state index in [0.717, 1.165) is 5.56 Å². The summed E-state index contributed by atoms with van der Waals surface area (Å²) in [5, 5.41) is 13.6. The normalized spacial score (nSPS) is 12.8. The third-order valence-corrected chi connectivity index (χ3v) is 2.96. The number of carbonyl (C=O) groups excluding carboxylic acids is 2. The molecule has 2 amide bonds. The molecule has 0 aliphatic heterocycles. The van der Waals surface area contributed by atoms with Gasteiger partial charge in [-0.05, 0) is 18.9 Å². The van der Waals surface area contributed by atoms with E-state index >= 15 is 0 Å². The molecule has 3 N–H and O–H groups in total. The van der Waals surface area contributed by atoms with Crippen molar-refractivity contribution >= 4 is 18.0 Å². The van der Waals surface area contributed by atoms with E-state index in [2.05, 4.69) is 10.6 Å². The Kier molecular flexibility index (Phi) is 6.88. The second-order valence-electron chi connectivity index (χ2n) is 4.74. The molecular weight excluding hydrogens is 288 g/mol. The van der Waals surface area contributed by atoms with E-state index in [4.69, 9.17) is 9.84 Å². The number of benzene rings is 1. The van der Waals surface area contributed by atoms with Gasteiger partial charge in [-0.15, -0.1) is 0 Å². The molecule has 0 radical (unpaired) electrons. The minimum Gasteiger partial charge on any atom is -0.480 e. The predicted octanol–water partition coefficient (Wildman–Crippen LogP) is 1.28. The Morgan fingerprint density at radius 1 is 1.18 bits per heavy atom. The highest BCUT2D eigenvalue weighted by molar-refractivity contribution is 5.88. The van der Waals surface area contributed by atoms with Crippen molar-refractivity contribution < 1.29 is 24.2 Å². The van der Waals surface area contributed by atoms with Crippen LogP contribution in [-0.2, 0) is 20.9 Å². The maximum absolute atomic E-state index is 11.8. The minimum atomic E-state index is -1.12. The molecule has 1 rings (SSSR count). The first kappa shape index (κ1) is 17.5. The van der Waals surface area contributed by atoms with Crippen LogP contribution in [0.25, 0.3) is 0 Å². The fraction of sp³-hybridized carbons (Fsp3) is 0.400. The van der Waals surface area contributed by atoms with Gasteiger partial charge in [0, 0.05) is 0 Å². The van der Waals surface area contributed by atoms with Crippen LogP contribution in [0.4, 0.5) is 4.79 Å². The molecule has 0 aromatic heterocycles. The molecule has 1 aromatic rings. The van der Waals surface area contributed by atoms with Crippen molar-refractivity contribution in [3.8, 4) is 0 Å². The molecule has 0 aliphatic rings. The molecule has 0 saturated heterocycles. The van der Waals surface area contributed by atoms with Gasteiger partial charge < -0.3 is 20.5 Å². The molecule has 0 unspecified atom stereocenters. The van der Waals surface area contributed by atoms with Gasteiger partial charge in [-0.25, -0.2) is 9.59 Å². The molecule has 0 fully saturated rings. The Morgan fingerprint density at radius 3 is 2.36 bits per heavy atom. The average molecular weight is 308 g/mol. The first-order valence-electron chi connectivity index (χ1n) is 6.94. The third-order valence-electron chi connectivity index (χ3n) is 2.96. The van der Waals surface area contributed by atoms with Gasteiger partial charge in [-0.1, -0.05) is 37.3 Å². The van der Waals surface area contributed by atoms with Crippen LogP contribution < -0.4 is 10.6 Å². The summed E-state index contributed by atoms with van der Waals surface area (Å²) in [6.45, 7) is 3.19. The average Bonchev–Trinajstić information content (AvgIpc) is 2.50. The minimum absolute atomic E-state index is 0.0910. The van der Waals surface area contributed by atoms with Crippen LogP contribution in [0, 0.1) is 0 Å². The number of carbonyl (C=O) groups is 3. The highest BCUT2D eigenvalue weighted by atomic mass is 16.5. The molecule has 7 heteroatoms. The molecule has 0 aliphatic carbocycles. The van der Waals surface area contributed by atoms with E-state index in [1.165, 1.54) is 6.92 Å². The number of aliphatic carboxylic acids is 1. The number of carboxylic acid groups (broad SMARTS) is 1. The number of hydrogen-bond acceptors (Lipinski definition) is 4. The lowest BCUT2D eigenvalue weighted by Crippen LogP contribution is -2.50. The Balaban J connectivity index is 2.39. The van der Waals surface area contributed by atoms with Crippen LogP contribution in [0.1, 0.15) is 25.8 Å². The Bertz CT molecular complexity index is 518. The summed E-state index contributed by atoms with van der Waals surface area (Å²) in [6.07, 6.45) is -0.485. The zero-order valence-electron chi connectivity index (χ0n) is 12.5. The Morgan fingerprint density at radius 2 is 1.82 bits per heavy atom. The van der Waals surface area contributed by atoms with Gasteiger partial charge in [0.05, 0.1) is 0 Å². The number of ether oxygens (including phenoxy) is 1. The quantitative estimate of drug-likeness (QED) is 0.704. The first-order chi connectivity index (χ1) is 10.4. The van der Waals surface area contributed by atoms with Crippen molar-refractivity contribution in [1.29, 1.82) is 0 Å². The highest BCUT2D eigenvalue weighted by Gasteiger charge is 2.22. The van der Waals surface area contributed by atoms with Crippen molar-refractivity contribution in [2.75, 3.05) is 0 Å². The molecule has 0 bridgehead atoms. The Hall–Kier alpha value is -2.57. The van der Waals surface area contributed by atoms with Gasteiger partial charge in [0.2, 0.25) is 5.91 Å². The number of hydrogen-bond donors (Lipinski definition) is 3. The molecule has 22 heavy (non-hydrogen) atoms. The molecule has 0 spiro atoms. The fourth-order valence-electron chi connectivity index (χ4n) is 1.64. The van der Waals surface area contributed by atoms with Gasteiger partial charge >= 0.3 is 12.1 Å². The van der Waals surface area contributed by atoms with Crippen LogP contribution in [0.3, 0.4) is 0 Å². The maximum atomic E-state index is 11.8. The van der Waals surface area contributed by atoms with Crippen molar-refractivity contribution in [3.63, 3.8) is 0 Å². The zero-order chi connectivity index (χ0) is 16.5. The molecule has 7 nitrogen and oxygen atoms in total. The zero-order valence-corrected chi connectivity index (χ0v) is 12.5. The van der Waals surface area contributed by atoms with Crippen LogP contribution >= 0.6 is 0 Å². The molecule has 0 saturated carbocycles. The molecule has 1 aromatic carbocycles. The maximum Gasteiger partial charge on any atom is 0.408 e. The van der Waals surface area contributed by atoms with Crippen LogP contribution in [0.2, 0.25) is 0 Å². The van der Waals surface area contributed by atoms with E-state index in [0.29, 0.717) is 0 Å². The monoisotopic (exact) mass is 308 g/mol. The molecule has 0 heterocycles. The van der Waals surface area contributed by atoms with E-state index in [-0.39, 0.29) is 13.0 Å². The second-order valence-corrected chi connectivity index (χ2v) is 4.74. The lowest BCUT2D eigenvalue weighted by Gasteiger charge is -2.17. The summed E-state index contributed by atoms with van der Waals surface area (Å²) in [5.41, 5.74) is 0.826. The van der Waals surface area contributed by atoms with E-state index in [9.17, 15) is 14.4 Å². The SMILES string of the molecule is CC[C@H](NC(=O)[C@H](C)NC(=O)OCc1ccccc1)C(=O)O. The Labute approximate surface area is 128 Å². The number of amides is 2. The van der Waals surface area contributed by atoms with Crippen molar-refractivity contribution in [1.82, 2.24) is 10.6 Å². The lowest BCUT2D eigenvalue weighted by atomic mass is 10.2. The number of carboxylic acids is 1. The van der Waals surface area contributed by atoms with E-state index in [1.807, 2.05) is 30.3 Å². The molecular formula is C15H20N2O5. The van der Waals surface area contributed by atoms with Gasteiger partial charge in [-0.3, -0.25) is 4.79 Å². The third kappa shape index (κ3) is 5.82. The summed E-state index contributed by atoms with van der Waals surface area (Å²) in [6, 6.07) is 7.24. The number of rotatable bonds is 7. The summed E-state index contributed by atoms with van der Waals surface area (Å²) < 4.78 is 4.98. The van der Waals surface area contributed by atoms with Gasteiger partial charge in [0.15, 0.2) is 0 Å². The smallest absolute Gasteiger partial charge is 0.408 e. The van der Waals surface area contributed by atoms with Crippen LogP contribution in [-0.4, -0.2) is 35.2 Å². The molecule has 2 atom stereocenters. The van der Waals surface area contributed by atoms with Crippen molar-refractivity contribution in [2.24, 2.45) is 0 Å². The van der Waals surface area contributed by atoms with Crippen LogP contribution in [0.5, 0.6) is 0 Å². The van der Waals surface area contributed by atoms with Crippen molar-refractivity contribution in [3.05, 3.63) is 35.9 Å². The number of alkyl carbamates (subject to hydrolysis) is 1. The number of nitrogens with one attached hydrogen (secondary N) is 2. The second kappa shape index (κ2) is 8.66. The molecule has 120 valence electrons. The summed E-state index contributed by atoms with van der Waals surface area (Å²) in [5.74, 6) is -1.69. The van der Waals surface area contributed by atoms with Crippen molar-refractivity contribution in [2.45, 2.75) is 39.0 Å². The summed E-state index contributed by atoms with van der Waals surface area (Å²) in [7, 11) is 0. The van der Waals surface area contributed by atoms with Gasteiger partial charge in [0.25, 0.3) is 0 Å². The van der Waals surface area contributed by atoms with Gasteiger partial charge in [-0.2, -0.15) is 0 Å². The largest absolute Gasteiger partial charge is 0.480 e. The topological polar surface area (TPSA) is 105 Å². The highest BCUT2D eigenvalue weighted by Crippen LogP contribution is 2.01. The van der Waals surface area contributed by atoms with Gasteiger partial charge in [0.1, 0.15) is 18.7 Å². The summed E-state index contributed by atoms with van der Waals surface area (Å²) in [4.78, 5) is 34.2.